The Morgan fingerprint density at radius 3 is 2.78 bits per heavy atom. The fourth-order valence-corrected chi connectivity index (χ4v) is 1.80. The largest absolute Gasteiger partial charge is 0.447 e. The normalized spacial score (nSPS) is 10.3. The maximum atomic E-state index is 11.3. The van der Waals surface area contributed by atoms with E-state index in [1.807, 2.05) is 42.5 Å². The Morgan fingerprint density at radius 1 is 1.17 bits per heavy atom. The number of carbonyl (C=O) groups excluding carboxylic acids is 1. The van der Waals surface area contributed by atoms with E-state index in [9.17, 15) is 4.79 Å². The third kappa shape index (κ3) is 2.99. The second-order valence-electron chi connectivity index (χ2n) is 3.85. The van der Waals surface area contributed by atoms with Crippen molar-refractivity contribution in [3.05, 3.63) is 48.0 Å². The number of benzene rings is 2. The number of hydrogen-bond donors (Lipinski definition) is 2. The van der Waals surface area contributed by atoms with Crippen molar-refractivity contribution >= 4 is 16.9 Å². The van der Waals surface area contributed by atoms with E-state index in [4.69, 9.17) is 9.84 Å². The fourth-order valence-electron chi connectivity index (χ4n) is 1.80. The van der Waals surface area contributed by atoms with Crippen LogP contribution >= 0.6 is 0 Å². The van der Waals surface area contributed by atoms with Gasteiger partial charge in [0, 0.05) is 6.54 Å². The molecule has 18 heavy (non-hydrogen) atoms. The molecule has 0 radical (unpaired) electrons. The number of aliphatic hydroxyl groups excluding tert-OH is 1. The topological polar surface area (TPSA) is 58.6 Å². The number of alkyl carbamates (subject to hydrolysis) is 1. The lowest BCUT2D eigenvalue weighted by atomic mass is 10.0. The summed E-state index contributed by atoms with van der Waals surface area (Å²) in [6, 6.07) is 14.0. The van der Waals surface area contributed by atoms with Gasteiger partial charge in [-0.1, -0.05) is 42.5 Å². The van der Waals surface area contributed by atoms with Crippen LogP contribution in [0, 0.1) is 0 Å². The number of hydrogen-bond acceptors (Lipinski definition) is 3. The third-order valence-corrected chi connectivity index (χ3v) is 2.63. The Labute approximate surface area is 105 Å². The monoisotopic (exact) mass is 245 g/mol. The lowest BCUT2D eigenvalue weighted by Crippen LogP contribution is -2.24. The van der Waals surface area contributed by atoms with Crippen LogP contribution in [-0.2, 0) is 11.3 Å². The first-order valence-corrected chi connectivity index (χ1v) is 5.79. The Hall–Kier alpha value is -2.07. The van der Waals surface area contributed by atoms with E-state index in [0.717, 1.165) is 16.3 Å². The zero-order valence-electron chi connectivity index (χ0n) is 9.93. The van der Waals surface area contributed by atoms with Crippen LogP contribution in [0.2, 0.25) is 0 Å². The van der Waals surface area contributed by atoms with Crippen molar-refractivity contribution in [1.29, 1.82) is 0 Å². The molecule has 2 aromatic carbocycles. The van der Waals surface area contributed by atoms with E-state index >= 15 is 0 Å². The molecular weight excluding hydrogens is 230 g/mol. The molecule has 0 saturated carbocycles. The summed E-state index contributed by atoms with van der Waals surface area (Å²) in [5.74, 6) is 0. The van der Waals surface area contributed by atoms with E-state index in [-0.39, 0.29) is 13.2 Å². The summed E-state index contributed by atoms with van der Waals surface area (Å²) in [4.78, 5) is 11.3. The second-order valence-corrected chi connectivity index (χ2v) is 3.85. The molecule has 0 saturated heterocycles. The van der Waals surface area contributed by atoms with Gasteiger partial charge in [0.2, 0.25) is 0 Å². The second kappa shape index (κ2) is 6.02. The molecule has 1 amide bonds. The van der Waals surface area contributed by atoms with Gasteiger partial charge in [0.1, 0.15) is 6.61 Å². The van der Waals surface area contributed by atoms with Crippen molar-refractivity contribution in [2.75, 3.05) is 13.2 Å². The smallest absolute Gasteiger partial charge is 0.407 e. The highest BCUT2D eigenvalue weighted by Crippen LogP contribution is 2.18. The number of amides is 1. The van der Waals surface area contributed by atoms with Crippen LogP contribution in [0.4, 0.5) is 4.79 Å². The predicted octanol–water partition coefficient (Wildman–Crippen LogP) is 2.06. The molecule has 0 fully saturated rings. The zero-order chi connectivity index (χ0) is 12.8. The summed E-state index contributed by atoms with van der Waals surface area (Å²) >= 11 is 0. The van der Waals surface area contributed by atoms with Gasteiger partial charge in [-0.15, -0.1) is 0 Å². The Morgan fingerprint density at radius 2 is 1.94 bits per heavy atom. The van der Waals surface area contributed by atoms with Gasteiger partial charge in [0.05, 0.1) is 6.61 Å². The summed E-state index contributed by atoms with van der Waals surface area (Å²) in [6.07, 6.45) is -0.517. The first-order valence-electron chi connectivity index (χ1n) is 5.79. The molecule has 0 aliphatic carbocycles. The standard InChI is InChI=1S/C14H15NO3/c16-8-9-18-14(17)15-10-12-6-3-5-11-4-1-2-7-13(11)12/h1-7,16H,8-10H2,(H,15,17). The van der Waals surface area contributed by atoms with Gasteiger partial charge in [-0.3, -0.25) is 0 Å². The third-order valence-electron chi connectivity index (χ3n) is 2.63. The fraction of sp³-hybridized carbons (Fsp3) is 0.214. The van der Waals surface area contributed by atoms with Gasteiger partial charge in [-0.05, 0) is 16.3 Å². The molecule has 0 aliphatic heterocycles. The van der Waals surface area contributed by atoms with E-state index in [1.54, 1.807) is 0 Å². The molecule has 4 nitrogen and oxygen atoms in total. The van der Waals surface area contributed by atoms with Gasteiger partial charge in [0.15, 0.2) is 0 Å². The van der Waals surface area contributed by atoms with Crippen molar-refractivity contribution in [1.82, 2.24) is 5.32 Å². The maximum absolute atomic E-state index is 11.3. The minimum absolute atomic E-state index is 0.0152. The maximum Gasteiger partial charge on any atom is 0.407 e. The van der Waals surface area contributed by atoms with Crippen LogP contribution in [0.15, 0.2) is 42.5 Å². The summed E-state index contributed by atoms with van der Waals surface area (Å²) < 4.78 is 4.72. The molecule has 4 heteroatoms. The quantitative estimate of drug-likeness (QED) is 0.866. The van der Waals surface area contributed by atoms with Crippen LogP contribution in [0.25, 0.3) is 10.8 Å². The van der Waals surface area contributed by atoms with E-state index < -0.39 is 6.09 Å². The number of nitrogens with one attached hydrogen (secondary N) is 1. The minimum atomic E-state index is -0.517. The van der Waals surface area contributed by atoms with Gasteiger partial charge in [-0.2, -0.15) is 0 Å². The molecule has 2 aromatic rings. The van der Waals surface area contributed by atoms with Gasteiger partial charge >= 0.3 is 6.09 Å². The van der Waals surface area contributed by atoms with Crippen LogP contribution in [0.5, 0.6) is 0 Å². The number of ether oxygens (including phenoxy) is 1. The summed E-state index contributed by atoms with van der Waals surface area (Å²) in [5.41, 5.74) is 1.04. The Bertz CT molecular complexity index is 534. The summed E-state index contributed by atoms with van der Waals surface area (Å²) in [6.45, 7) is 0.259. The van der Waals surface area contributed by atoms with E-state index in [2.05, 4.69) is 5.32 Å². The van der Waals surface area contributed by atoms with Crippen molar-refractivity contribution in [3.63, 3.8) is 0 Å². The molecule has 94 valence electrons. The Kier molecular flexibility index (Phi) is 4.15. The molecule has 0 spiro atoms. The molecule has 0 atom stereocenters. The highest BCUT2D eigenvalue weighted by Gasteiger charge is 2.03. The molecule has 0 aliphatic rings. The lowest BCUT2D eigenvalue weighted by Gasteiger charge is -2.08. The van der Waals surface area contributed by atoms with Crippen molar-refractivity contribution in [3.8, 4) is 0 Å². The van der Waals surface area contributed by atoms with Crippen LogP contribution in [0.3, 0.4) is 0 Å². The first-order chi connectivity index (χ1) is 8.81. The molecule has 0 bridgehead atoms. The predicted molar refractivity (Wildman–Crippen MR) is 69.2 cm³/mol. The van der Waals surface area contributed by atoms with Crippen LogP contribution < -0.4 is 5.32 Å². The van der Waals surface area contributed by atoms with E-state index in [0.29, 0.717) is 6.54 Å². The number of aliphatic hydroxyl groups is 1. The molecule has 0 aromatic heterocycles. The molecular formula is C14H15NO3. The van der Waals surface area contributed by atoms with Gasteiger partial charge in [-0.25, -0.2) is 4.79 Å². The minimum Gasteiger partial charge on any atom is -0.447 e. The van der Waals surface area contributed by atoms with Crippen LogP contribution in [-0.4, -0.2) is 24.4 Å². The van der Waals surface area contributed by atoms with Crippen molar-refractivity contribution in [2.24, 2.45) is 0 Å². The van der Waals surface area contributed by atoms with Crippen LogP contribution in [0.1, 0.15) is 5.56 Å². The lowest BCUT2D eigenvalue weighted by molar-refractivity contribution is 0.119. The van der Waals surface area contributed by atoms with Gasteiger partial charge in [0.25, 0.3) is 0 Å². The summed E-state index contributed by atoms with van der Waals surface area (Å²) in [5, 5.41) is 13.4. The number of fused-ring (bicyclic) bond motifs is 1. The average Bonchev–Trinajstić information content (AvgIpc) is 2.42. The van der Waals surface area contributed by atoms with Crippen molar-refractivity contribution in [2.45, 2.75) is 6.54 Å². The number of carbonyl (C=O) groups is 1. The number of rotatable bonds is 4. The Balaban J connectivity index is 2.05. The average molecular weight is 245 g/mol. The van der Waals surface area contributed by atoms with Crippen molar-refractivity contribution < 1.29 is 14.6 Å². The molecule has 2 N–H and O–H groups in total. The summed E-state index contributed by atoms with van der Waals surface area (Å²) in [7, 11) is 0. The molecule has 2 rings (SSSR count). The molecule has 0 unspecified atom stereocenters. The SMILES string of the molecule is O=C(NCc1cccc2ccccc12)OCCO. The first kappa shape index (κ1) is 12.4. The highest BCUT2D eigenvalue weighted by molar-refractivity contribution is 5.85. The highest BCUT2D eigenvalue weighted by atomic mass is 16.6. The zero-order valence-corrected chi connectivity index (χ0v) is 9.93. The van der Waals surface area contributed by atoms with E-state index in [1.165, 1.54) is 0 Å². The molecule has 0 heterocycles. The van der Waals surface area contributed by atoms with Gasteiger partial charge < -0.3 is 15.2 Å².